The first-order valence-corrected chi connectivity index (χ1v) is 2.86. The van der Waals surface area contributed by atoms with Gasteiger partial charge in [0.15, 0.2) is 0 Å². The van der Waals surface area contributed by atoms with Gasteiger partial charge in [0.2, 0.25) is 0 Å². The smallest absolute Gasteiger partial charge is 0.0134 e. The molecule has 1 nitrogen and oxygen atoms in total. The normalized spacial score (nSPS) is 21.7. The zero-order chi connectivity index (χ0) is 4.95. The Kier molecular flexibility index (Phi) is 1.94. The van der Waals surface area contributed by atoms with Gasteiger partial charge in [0.05, 0.1) is 0 Å². The van der Waals surface area contributed by atoms with Gasteiger partial charge in [0.25, 0.3) is 0 Å². The molecule has 0 aromatic carbocycles. The van der Waals surface area contributed by atoms with Crippen LogP contribution in [0.25, 0.3) is 0 Å². The summed E-state index contributed by atoms with van der Waals surface area (Å²) in [5.41, 5.74) is 0. The van der Waals surface area contributed by atoms with E-state index in [4.69, 9.17) is 0 Å². The molecule has 0 aromatic heterocycles. The van der Waals surface area contributed by atoms with E-state index in [-0.39, 0.29) is 0 Å². The van der Waals surface area contributed by atoms with Gasteiger partial charge >= 0.3 is 0 Å². The fourth-order valence-electron chi connectivity index (χ4n) is 0.731. The Morgan fingerprint density at radius 3 is 3.29 bits per heavy atom. The van der Waals surface area contributed by atoms with Crippen LogP contribution in [0.2, 0.25) is 0 Å². The van der Waals surface area contributed by atoms with Crippen molar-refractivity contribution in [2.45, 2.75) is 12.8 Å². The summed E-state index contributed by atoms with van der Waals surface area (Å²) in [5, 5.41) is 3.26. The molecule has 1 N–H and O–H groups in total. The molecule has 1 heteroatoms. The minimum absolute atomic E-state index is 1.07. The van der Waals surface area contributed by atoms with Gasteiger partial charge in [0, 0.05) is 6.54 Å². The third-order valence-electron chi connectivity index (χ3n) is 1.15. The molecule has 0 atom stereocenters. The van der Waals surface area contributed by atoms with E-state index in [9.17, 15) is 0 Å². The largest absolute Gasteiger partial charge is 0.313 e. The molecular weight excluding hydrogens is 86.1 g/mol. The highest BCUT2D eigenvalue weighted by atomic mass is 14.8. The first-order chi connectivity index (χ1) is 3.50. The van der Waals surface area contributed by atoms with Crippen molar-refractivity contribution in [2.75, 3.05) is 13.1 Å². The topological polar surface area (TPSA) is 12.0 Å². The van der Waals surface area contributed by atoms with Crippen molar-refractivity contribution >= 4 is 0 Å². The molecule has 40 valence electrons. The maximum Gasteiger partial charge on any atom is 0.0134 e. The van der Waals surface area contributed by atoms with Gasteiger partial charge in [-0.3, -0.25) is 0 Å². The summed E-state index contributed by atoms with van der Waals surface area (Å²) < 4.78 is 0. The van der Waals surface area contributed by atoms with Gasteiger partial charge in [-0.25, -0.2) is 0 Å². The molecule has 0 fully saturated rings. The SMILES string of the molecule is C1=CCNCCC1. The predicted molar refractivity (Wildman–Crippen MR) is 31.2 cm³/mol. The van der Waals surface area contributed by atoms with E-state index in [1.165, 1.54) is 19.4 Å². The summed E-state index contributed by atoms with van der Waals surface area (Å²) in [6, 6.07) is 0. The van der Waals surface area contributed by atoms with E-state index in [0.717, 1.165) is 6.54 Å². The molecule has 0 aromatic rings. The maximum absolute atomic E-state index is 3.26. The highest BCUT2D eigenvalue weighted by molar-refractivity contribution is 4.86. The van der Waals surface area contributed by atoms with Crippen molar-refractivity contribution in [3.63, 3.8) is 0 Å². The van der Waals surface area contributed by atoms with Crippen LogP contribution in [0.5, 0.6) is 0 Å². The number of rotatable bonds is 0. The summed E-state index contributed by atoms with van der Waals surface area (Å²) in [4.78, 5) is 0. The van der Waals surface area contributed by atoms with Gasteiger partial charge in [-0.05, 0) is 19.4 Å². The monoisotopic (exact) mass is 97.1 g/mol. The number of allylic oxidation sites excluding steroid dienone is 1. The minimum atomic E-state index is 1.07. The molecule has 0 spiro atoms. The fourth-order valence-corrected chi connectivity index (χ4v) is 0.731. The second kappa shape index (κ2) is 2.80. The van der Waals surface area contributed by atoms with Crippen molar-refractivity contribution in [1.82, 2.24) is 5.32 Å². The first-order valence-electron chi connectivity index (χ1n) is 2.86. The summed E-state index contributed by atoms with van der Waals surface area (Å²) in [6.07, 6.45) is 6.98. The van der Waals surface area contributed by atoms with Gasteiger partial charge in [-0.15, -0.1) is 0 Å². The van der Waals surface area contributed by atoms with E-state index >= 15 is 0 Å². The Labute approximate surface area is 44.4 Å². The molecule has 0 radical (unpaired) electrons. The Morgan fingerprint density at radius 1 is 1.29 bits per heavy atom. The van der Waals surface area contributed by atoms with Crippen molar-refractivity contribution in [3.8, 4) is 0 Å². The van der Waals surface area contributed by atoms with E-state index in [0.29, 0.717) is 0 Å². The lowest BCUT2D eigenvalue weighted by molar-refractivity contribution is 0.721. The van der Waals surface area contributed by atoms with Crippen molar-refractivity contribution in [3.05, 3.63) is 12.2 Å². The summed E-state index contributed by atoms with van der Waals surface area (Å²) in [6.45, 7) is 2.26. The zero-order valence-electron chi connectivity index (χ0n) is 4.48. The predicted octanol–water partition coefficient (Wildman–Crippen LogP) is 0.926. The summed E-state index contributed by atoms with van der Waals surface area (Å²) in [7, 11) is 0. The molecular formula is C6H11N. The van der Waals surface area contributed by atoms with E-state index in [1.54, 1.807) is 0 Å². The zero-order valence-corrected chi connectivity index (χ0v) is 4.48. The summed E-state index contributed by atoms with van der Waals surface area (Å²) >= 11 is 0. The number of hydrogen-bond donors (Lipinski definition) is 1. The van der Waals surface area contributed by atoms with Gasteiger partial charge in [-0.1, -0.05) is 12.2 Å². The highest BCUT2D eigenvalue weighted by Gasteiger charge is 1.86. The number of hydrogen-bond acceptors (Lipinski definition) is 1. The molecule has 0 aliphatic carbocycles. The van der Waals surface area contributed by atoms with Gasteiger partial charge in [-0.2, -0.15) is 0 Å². The molecule has 1 heterocycles. The lowest BCUT2D eigenvalue weighted by Crippen LogP contribution is -2.12. The lowest BCUT2D eigenvalue weighted by atomic mass is 10.3. The Balaban J connectivity index is 2.20. The minimum Gasteiger partial charge on any atom is -0.313 e. The van der Waals surface area contributed by atoms with Crippen LogP contribution in [0.1, 0.15) is 12.8 Å². The molecule has 0 unspecified atom stereocenters. The molecule has 0 saturated heterocycles. The van der Waals surface area contributed by atoms with E-state index < -0.39 is 0 Å². The average Bonchev–Trinajstić information content (AvgIpc) is 1.90. The van der Waals surface area contributed by atoms with Crippen LogP contribution in [0.4, 0.5) is 0 Å². The van der Waals surface area contributed by atoms with Crippen LogP contribution in [0.15, 0.2) is 12.2 Å². The van der Waals surface area contributed by atoms with E-state index in [2.05, 4.69) is 17.5 Å². The molecule has 1 rings (SSSR count). The van der Waals surface area contributed by atoms with Crippen LogP contribution >= 0.6 is 0 Å². The van der Waals surface area contributed by atoms with Crippen LogP contribution in [0.3, 0.4) is 0 Å². The molecule has 0 bridgehead atoms. The summed E-state index contributed by atoms with van der Waals surface area (Å²) in [5.74, 6) is 0. The third-order valence-corrected chi connectivity index (χ3v) is 1.15. The van der Waals surface area contributed by atoms with Gasteiger partial charge < -0.3 is 5.32 Å². The second-order valence-electron chi connectivity index (χ2n) is 1.82. The number of nitrogens with one attached hydrogen (secondary N) is 1. The van der Waals surface area contributed by atoms with E-state index in [1.807, 2.05) is 0 Å². The molecule has 1 aliphatic heterocycles. The van der Waals surface area contributed by atoms with Crippen LogP contribution in [-0.4, -0.2) is 13.1 Å². The van der Waals surface area contributed by atoms with Crippen molar-refractivity contribution < 1.29 is 0 Å². The quantitative estimate of drug-likeness (QED) is 0.443. The molecule has 7 heavy (non-hydrogen) atoms. The molecule has 0 amide bonds. The van der Waals surface area contributed by atoms with Crippen molar-refractivity contribution in [1.29, 1.82) is 0 Å². The van der Waals surface area contributed by atoms with Crippen LogP contribution in [0, 0.1) is 0 Å². The Bertz CT molecular complexity index is 58.6. The van der Waals surface area contributed by atoms with Crippen molar-refractivity contribution in [2.24, 2.45) is 0 Å². The Morgan fingerprint density at radius 2 is 2.29 bits per heavy atom. The maximum atomic E-state index is 3.26. The van der Waals surface area contributed by atoms with Crippen LogP contribution in [-0.2, 0) is 0 Å². The molecule has 0 saturated carbocycles. The van der Waals surface area contributed by atoms with Crippen LogP contribution < -0.4 is 5.32 Å². The van der Waals surface area contributed by atoms with Gasteiger partial charge in [0.1, 0.15) is 0 Å². The molecule has 1 aliphatic rings. The fraction of sp³-hybridized carbons (Fsp3) is 0.667. The average molecular weight is 97.2 g/mol. The first kappa shape index (κ1) is 4.85. The lowest BCUT2D eigenvalue weighted by Gasteiger charge is -1.91. The Hall–Kier alpha value is -0.300. The standard InChI is InChI=1S/C6H11N/c1-2-4-6-7-5-3-1/h1,3,7H,2,4-6H2. The second-order valence-corrected chi connectivity index (χ2v) is 1.82. The highest BCUT2D eigenvalue weighted by Crippen LogP contribution is 1.91. The third kappa shape index (κ3) is 1.74.